The van der Waals surface area contributed by atoms with Gasteiger partial charge >= 0.3 is 12.1 Å². The van der Waals surface area contributed by atoms with E-state index in [1.54, 1.807) is 32.9 Å². The predicted octanol–water partition coefficient (Wildman–Crippen LogP) is 6.38. The largest absolute Gasteiger partial charge is 0.508 e. The Kier molecular flexibility index (Phi) is 10.9. The first-order chi connectivity index (χ1) is 21.0. The third-order valence-corrected chi connectivity index (χ3v) is 7.46. The number of ether oxygens (including phenoxy) is 2. The van der Waals surface area contributed by atoms with Crippen LogP contribution in [0.25, 0.3) is 0 Å². The Labute approximate surface area is 260 Å². The van der Waals surface area contributed by atoms with Crippen LogP contribution in [-0.4, -0.2) is 66.2 Å². The van der Waals surface area contributed by atoms with E-state index >= 15 is 0 Å². The number of aromatic hydroxyl groups is 1. The van der Waals surface area contributed by atoms with Crippen LogP contribution in [0.1, 0.15) is 46.6 Å². The molecule has 3 N–H and O–H groups in total. The van der Waals surface area contributed by atoms with E-state index in [1.807, 2.05) is 80.6 Å². The molecule has 44 heavy (non-hydrogen) atoms. The SMILES string of the molecule is CCC(C(C)OCc1ccccc1)N(NC(=O)OC(C)(C)C)C(=O)Nc1ccc(N2CCN(c3ccc(O)cc3)CC2)cc1. The lowest BCUT2D eigenvalue weighted by atomic mass is 10.1. The van der Waals surface area contributed by atoms with Gasteiger partial charge in [-0.05, 0) is 88.2 Å². The maximum Gasteiger partial charge on any atom is 0.426 e. The molecule has 1 aliphatic rings. The number of carbonyl (C=O) groups excluding carboxylic acids is 2. The van der Waals surface area contributed by atoms with Gasteiger partial charge in [0.2, 0.25) is 0 Å². The van der Waals surface area contributed by atoms with Crippen molar-refractivity contribution in [3.63, 3.8) is 0 Å². The number of hydrogen-bond acceptors (Lipinski definition) is 7. The van der Waals surface area contributed by atoms with Crippen LogP contribution in [0.4, 0.5) is 26.7 Å². The topological polar surface area (TPSA) is 107 Å². The molecule has 2 atom stereocenters. The normalized spacial score (nSPS) is 14.8. The number of urea groups is 1. The molecule has 1 heterocycles. The van der Waals surface area contributed by atoms with Gasteiger partial charge in [0.15, 0.2) is 0 Å². The summed E-state index contributed by atoms with van der Waals surface area (Å²) in [5.74, 6) is 0.263. The van der Waals surface area contributed by atoms with Gasteiger partial charge in [0, 0.05) is 43.2 Å². The van der Waals surface area contributed by atoms with Gasteiger partial charge in [-0.2, -0.15) is 0 Å². The van der Waals surface area contributed by atoms with Crippen molar-refractivity contribution in [3.8, 4) is 5.75 Å². The highest BCUT2D eigenvalue weighted by molar-refractivity contribution is 5.90. The predicted molar refractivity (Wildman–Crippen MR) is 174 cm³/mol. The average Bonchev–Trinajstić information content (AvgIpc) is 3.00. The van der Waals surface area contributed by atoms with E-state index in [0.29, 0.717) is 18.7 Å². The molecular formula is C34H45N5O5. The van der Waals surface area contributed by atoms with E-state index in [9.17, 15) is 14.7 Å². The van der Waals surface area contributed by atoms with Gasteiger partial charge in [-0.15, -0.1) is 0 Å². The quantitative estimate of drug-likeness (QED) is 0.244. The van der Waals surface area contributed by atoms with Crippen molar-refractivity contribution in [2.24, 2.45) is 0 Å². The number of carbonyl (C=O) groups is 2. The Morgan fingerprint density at radius 3 is 1.95 bits per heavy atom. The summed E-state index contributed by atoms with van der Waals surface area (Å²) in [5, 5.41) is 13.8. The molecule has 3 aromatic rings. The smallest absolute Gasteiger partial charge is 0.426 e. The zero-order valence-electron chi connectivity index (χ0n) is 26.3. The van der Waals surface area contributed by atoms with Crippen molar-refractivity contribution in [2.45, 2.75) is 65.4 Å². The molecule has 0 saturated carbocycles. The first-order valence-corrected chi connectivity index (χ1v) is 15.2. The maximum absolute atomic E-state index is 13.6. The minimum Gasteiger partial charge on any atom is -0.508 e. The summed E-state index contributed by atoms with van der Waals surface area (Å²) in [4.78, 5) is 31.0. The molecule has 0 radical (unpaired) electrons. The minimum atomic E-state index is -0.727. The fourth-order valence-electron chi connectivity index (χ4n) is 5.15. The molecule has 4 rings (SSSR count). The Morgan fingerprint density at radius 2 is 1.43 bits per heavy atom. The summed E-state index contributed by atoms with van der Waals surface area (Å²) in [6.45, 7) is 12.9. The number of nitrogens with zero attached hydrogens (tertiary/aromatic N) is 3. The third-order valence-electron chi connectivity index (χ3n) is 7.46. The number of phenolic OH excluding ortho intramolecular Hbond substituents is 1. The zero-order valence-corrected chi connectivity index (χ0v) is 26.3. The average molecular weight is 604 g/mol. The lowest BCUT2D eigenvalue weighted by Gasteiger charge is -2.37. The highest BCUT2D eigenvalue weighted by atomic mass is 16.6. The van der Waals surface area contributed by atoms with Crippen LogP contribution in [0.3, 0.4) is 0 Å². The van der Waals surface area contributed by atoms with E-state index < -0.39 is 23.8 Å². The van der Waals surface area contributed by atoms with Crippen molar-refractivity contribution in [1.29, 1.82) is 0 Å². The third kappa shape index (κ3) is 9.28. The Balaban J connectivity index is 1.40. The van der Waals surface area contributed by atoms with Crippen LogP contribution < -0.4 is 20.5 Å². The number of nitrogens with one attached hydrogen (secondary N) is 2. The number of piperazine rings is 1. The van der Waals surface area contributed by atoms with Crippen LogP contribution in [0.5, 0.6) is 5.75 Å². The van der Waals surface area contributed by atoms with E-state index in [4.69, 9.17) is 9.47 Å². The fraction of sp³-hybridized carbons (Fsp3) is 0.412. The number of amides is 3. The standard InChI is InChI=1S/C34H45N5O5/c1-6-31(25(2)43-24-26-10-8-7-9-11-26)39(36-33(42)44-34(3,4)5)32(41)35-27-12-14-28(15-13-27)37-20-22-38(23-21-37)29-16-18-30(40)19-17-29/h7-19,25,31,40H,6,20-24H2,1-5H3,(H,35,41)(H,36,42). The summed E-state index contributed by atoms with van der Waals surface area (Å²) >= 11 is 0. The van der Waals surface area contributed by atoms with Gasteiger partial charge < -0.3 is 29.7 Å². The van der Waals surface area contributed by atoms with Gasteiger partial charge in [-0.1, -0.05) is 37.3 Å². The lowest BCUT2D eigenvalue weighted by molar-refractivity contribution is -0.0205. The van der Waals surface area contributed by atoms with Crippen molar-refractivity contribution in [3.05, 3.63) is 84.4 Å². The van der Waals surface area contributed by atoms with Gasteiger partial charge in [-0.25, -0.2) is 20.0 Å². The number of hydrazine groups is 1. The summed E-state index contributed by atoms with van der Waals surface area (Å²) < 4.78 is 11.6. The summed E-state index contributed by atoms with van der Waals surface area (Å²) in [6, 6.07) is 23.8. The molecule has 10 heteroatoms. The van der Waals surface area contributed by atoms with Gasteiger partial charge in [0.1, 0.15) is 11.4 Å². The molecule has 0 aliphatic carbocycles. The molecule has 1 aliphatic heterocycles. The second-order valence-corrected chi connectivity index (χ2v) is 11.9. The molecule has 0 spiro atoms. The first-order valence-electron chi connectivity index (χ1n) is 15.2. The molecule has 10 nitrogen and oxygen atoms in total. The monoisotopic (exact) mass is 603 g/mol. The number of anilines is 3. The van der Waals surface area contributed by atoms with Crippen LogP contribution in [0, 0.1) is 0 Å². The summed E-state index contributed by atoms with van der Waals surface area (Å²) in [7, 11) is 0. The molecule has 0 bridgehead atoms. The van der Waals surface area contributed by atoms with E-state index in [0.717, 1.165) is 43.1 Å². The van der Waals surface area contributed by atoms with E-state index in [2.05, 4.69) is 20.5 Å². The Bertz CT molecular complexity index is 1340. The lowest BCUT2D eigenvalue weighted by Crippen LogP contribution is -2.57. The first kappa shape index (κ1) is 32.5. The van der Waals surface area contributed by atoms with E-state index in [-0.39, 0.29) is 11.9 Å². The molecule has 1 fully saturated rings. The second-order valence-electron chi connectivity index (χ2n) is 11.9. The van der Waals surface area contributed by atoms with E-state index in [1.165, 1.54) is 5.01 Å². The summed E-state index contributed by atoms with van der Waals surface area (Å²) in [6.07, 6.45) is -0.569. The molecule has 2 unspecified atom stereocenters. The number of hydrogen-bond donors (Lipinski definition) is 3. The number of benzene rings is 3. The van der Waals surface area contributed by atoms with Gasteiger partial charge in [-0.3, -0.25) is 0 Å². The molecule has 3 amide bonds. The highest BCUT2D eigenvalue weighted by Gasteiger charge is 2.31. The highest BCUT2D eigenvalue weighted by Crippen LogP contribution is 2.24. The minimum absolute atomic E-state index is 0.263. The van der Waals surface area contributed by atoms with Crippen LogP contribution in [-0.2, 0) is 16.1 Å². The Hall–Kier alpha value is -4.44. The maximum atomic E-state index is 13.6. The molecular weight excluding hydrogens is 558 g/mol. The van der Waals surface area contributed by atoms with Crippen molar-refractivity contribution >= 4 is 29.2 Å². The van der Waals surface area contributed by atoms with Crippen molar-refractivity contribution in [2.75, 3.05) is 41.3 Å². The number of phenols is 1. The van der Waals surface area contributed by atoms with Crippen molar-refractivity contribution < 1.29 is 24.2 Å². The Morgan fingerprint density at radius 1 is 0.886 bits per heavy atom. The molecule has 3 aromatic carbocycles. The van der Waals surface area contributed by atoms with Crippen LogP contribution >= 0.6 is 0 Å². The van der Waals surface area contributed by atoms with Gasteiger partial charge in [0.05, 0.1) is 18.8 Å². The van der Waals surface area contributed by atoms with Gasteiger partial charge in [0.25, 0.3) is 0 Å². The molecule has 0 aromatic heterocycles. The van der Waals surface area contributed by atoms with Crippen molar-refractivity contribution in [1.82, 2.24) is 10.4 Å². The van der Waals surface area contributed by atoms with Crippen LogP contribution in [0.2, 0.25) is 0 Å². The number of rotatable bonds is 9. The zero-order chi connectivity index (χ0) is 31.7. The summed E-state index contributed by atoms with van der Waals surface area (Å²) in [5.41, 5.74) is 5.71. The fourth-order valence-corrected chi connectivity index (χ4v) is 5.15. The molecule has 236 valence electrons. The molecule has 1 saturated heterocycles. The second kappa shape index (κ2) is 14.8. The van der Waals surface area contributed by atoms with Crippen LogP contribution in [0.15, 0.2) is 78.9 Å².